The second-order valence-electron chi connectivity index (χ2n) is 5.77. The van der Waals surface area contributed by atoms with Crippen LogP contribution in [0, 0.1) is 0 Å². The van der Waals surface area contributed by atoms with Crippen molar-refractivity contribution in [3.63, 3.8) is 0 Å². The van der Waals surface area contributed by atoms with E-state index < -0.39 is 9.84 Å². The van der Waals surface area contributed by atoms with E-state index in [4.69, 9.17) is 9.47 Å². The lowest BCUT2D eigenvalue weighted by Gasteiger charge is -2.10. The topological polar surface area (TPSA) is 52.6 Å². The Morgan fingerprint density at radius 1 is 0.800 bits per heavy atom. The van der Waals surface area contributed by atoms with Gasteiger partial charge in [-0.3, -0.25) is 0 Å². The monoisotopic (exact) mass is 356 g/mol. The van der Waals surface area contributed by atoms with Crippen molar-refractivity contribution in [2.75, 3.05) is 19.5 Å². The molecule has 4 nitrogen and oxygen atoms in total. The first kappa shape index (κ1) is 17.3. The number of benzene rings is 3. The van der Waals surface area contributed by atoms with Crippen molar-refractivity contribution in [1.29, 1.82) is 0 Å². The lowest BCUT2D eigenvalue weighted by molar-refractivity contribution is 0.249. The zero-order chi connectivity index (χ0) is 17.7. The highest BCUT2D eigenvalue weighted by atomic mass is 32.2. The SMILES string of the molecule is CS(=O)(=O)c1ccc(OCCCOc2cccc3ccccc23)cc1. The first-order valence-corrected chi connectivity index (χ1v) is 9.97. The zero-order valence-electron chi connectivity index (χ0n) is 14.0. The molecular weight excluding hydrogens is 336 g/mol. The standard InChI is InChI=1S/C20H20O4S/c1-25(21,22)18-12-10-17(11-13-18)23-14-5-15-24-20-9-4-7-16-6-2-3-8-19(16)20/h2-4,6-13H,5,14-15H2,1H3. The Morgan fingerprint density at radius 2 is 1.48 bits per heavy atom. The third-order valence-electron chi connectivity index (χ3n) is 3.82. The summed E-state index contributed by atoms with van der Waals surface area (Å²) >= 11 is 0. The van der Waals surface area contributed by atoms with Gasteiger partial charge >= 0.3 is 0 Å². The molecule has 3 aromatic carbocycles. The fourth-order valence-electron chi connectivity index (χ4n) is 2.54. The Balaban J connectivity index is 1.49. The summed E-state index contributed by atoms with van der Waals surface area (Å²) in [5.74, 6) is 1.52. The molecule has 0 aliphatic rings. The van der Waals surface area contributed by atoms with Gasteiger partial charge in [0.15, 0.2) is 9.84 Å². The maximum Gasteiger partial charge on any atom is 0.175 e. The second-order valence-corrected chi connectivity index (χ2v) is 7.79. The fraction of sp³-hybridized carbons (Fsp3) is 0.200. The van der Waals surface area contributed by atoms with E-state index in [1.807, 2.05) is 30.3 Å². The molecule has 0 amide bonds. The van der Waals surface area contributed by atoms with Crippen LogP contribution in [0.25, 0.3) is 10.8 Å². The molecular formula is C20H20O4S. The molecule has 0 bridgehead atoms. The average molecular weight is 356 g/mol. The van der Waals surface area contributed by atoms with Gasteiger partial charge in [-0.1, -0.05) is 36.4 Å². The summed E-state index contributed by atoms with van der Waals surface area (Å²) in [5.41, 5.74) is 0. The van der Waals surface area contributed by atoms with Crippen molar-refractivity contribution in [1.82, 2.24) is 0 Å². The maximum absolute atomic E-state index is 11.4. The van der Waals surface area contributed by atoms with Crippen LogP contribution in [0.15, 0.2) is 71.6 Å². The van der Waals surface area contributed by atoms with Crippen LogP contribution in [0.3, 0.4) is 0 Å². The molecule has 130 valence electrons. The van der Waals surface area contributed by atoms with E-state index in [-0.39, 0.29) is 0 Å². The third-order valence-corrected chi connectivity index (χ3v) is 4.94. The van der Waals surface area contributed by atoms with Crippen molar-refractivity contribution in [3.8, 4) is 11.5 Å². The quantitative estimate of drug-likeness (QED) is 0.598. The van der Waals surface area contributed by atoms with Gasteiger partial charge in [0, 0.05) is 18.1 Å². The van der Waals surface area contributed by atoms with Crippen LogP contribution in [0.5, 0.6) is 11.5 Å². The van der Waals surface area contributed by atoms with Crippen LogP contribution in [-0.2, 0) is 9.84 Å². The number of hydrogen-bond donors (Lipinski definition) is 0. The average Bonchev–Trinajstić information content (AvgIpc) is 2.61. The van der Waals surface area contributed by atoms with Gasteiger partial charge < -0.3 is 9.47 Å². The molecule has 0 aromatic heterocycles. The number of ether oxygens (including phenoxy) is 2. The van der Waals surface area contributed by atoms with Gasteiger partial charge in [-0.25, -0.2) is 8.42 Å². The molecule has 0 radical (unpaired) electrons. The van der Waals surface area contributed by atoms with Gasteiger partial charge in [-0.15, -0.1) is 0 Å². The predicted octanol–water partition coefficient (Wildman–Crippen LogP) is 4.09. The first-order valence-electron chi connectivity index (χ1n) is 8.07. The Bertz CT molecular complexity index is 942. The minimum absolute atomic E-state index is 0.291. The Morgan fingerprint density at radius 3 is 2.24 bits per heavy atom. The van der Waals surface area contributed by atoms with E-state index in [0.717, 1.165) is 22.9 Å². The molecule has 0 aliphatic carbocycles. The maximum atomic E-state index is 11.4. The molecule has 25 heavy (non-hydrogen) atoms. The molecule has 0 saturated heterocycles. The number of fused-ring (bicyclic) bond motifs is 1. The summed E-state index contributed by atoms with van der Waals surface area (Å²) < 4.78 is 34.3. The molecule has 0 unspecified atom stereocenters. The van der Waals surface area contributed by atoms with Crippen LogP contribution >= 0.6 is 0 Å². The summed E-state index contributed by atoms with van der Waals surface area (Å²) in [4.78, 5) is 0.291. The lowest BCUT2D eigenvalue weighted by atomic mass is 10.1. The molecule has 0 saturated carbocycles. The van der Waals surface area contributed by atoms with E-state index in [0.29, 0.717) is 23.9 Å². The van der Waals surface area contributed by atoms with Gasteiger partial charge in [0.2, 0.25) is 0 Å². The Labute approximate surface area is 147 Å². The smallest absolute Gasteiger partial charge is 0.175 e. The second kappa shape index (κ2) is 7.57. The molecule has 0 atom stereocenters. The first-order chi connectivity index (χ1) is 12.0. The third kappa shape index (κ3) is 4.51. The minimum atomic E-state index is -3.17. The molecule has 5 heteroatoms. The number of hydrogen-bond acceptors (Lipinski definition) is 4. The number of sulfone groups is 1. The Hall–Kier alpha value is -2.53. The van der Waals surface area contributed by atoms with Crippen LogP contribution in [0.4, 0.5) is 0 Å². The normalized spacial score (nSPS) is 11.4. The van der Waals surface area contributed by atoms with Crippen molar-refractivity contribution < 1.29 is 17.9 Å². The van der Waals surface area contributed by atoms with E-state index in [1.165, 1.54) is 6.26 Å². The Kier molecular flexibility index (Phi) is 5.24. The minimum Gasteiger partial charge on any atom is -0.493 e. The van der Waals surface area contributed by atoms with E-state index >= 15 is 0 Å². The molecule has 0 N–H and O–H groups in total. The highest BCUT2D eigenvalue weighted by molar-refractivity contribution is 7.90. The molecule has 3 rings (SSSR count). The van der Waals surface area contributed by atoms with Gasteiger partial charge in [-0.2, -0.15) is 0 Å². The van der Waals surface area contributed by atoms with Crippen LogP contribution in [-0.4, -0.2) is 27.9 Å². The lowest BCUT2D eigenvalue weighted by Crippen LogP contribution is -2.05. The largest absolute Gasteiger partial charge is 0.493 e. The van der Waals surface area contributed by atoms with Gasteiger partial charge in [0.25, 0.3) is 0 Å². The van der Waals surface area contributed by atoms with Crippen LogP contribution in [0.1, 0.15) is 6.42 Å². The van der Waals surface area contributed by atoms with Gasteiger partial charge in [0.1, 0.15) is 11.5 Å². The van der Waals surface area contributed by atoms with Crippen LogP contribution < -0.4 is 9.47 Å². The molecule has 0 aliphatic heterocycles. The molecule has 3 aromatic rings. The summed E-state index contributed by atoms with van der Waals surface area (Å²) in [7, 11) is -3.17. The van der Waals surface area contributed by atoms with Gasteiger partial charge in [-0.05, 0) is 35.7 Å². The van der Waals surface area contributed by atoms with Crippen molar-refractivity contribution in [2.45, 2.75) is 11.3 Å². The van der Waals surface area contributed by atoms with E-state index in [1.54, 1.807) is 24.3 Å². The van der Waals surface area contributed by atoms with E-state index in [9.17, 15) is 8.42 Å². The summed E-state index contributed by atoms with van der Waals surface area (Å²) in [6, 6.07) is 20.6. The molecule has 0 spiro atoms. The zero-order valence-corrected chi connectivity index (χ0v) is 14.8. The summed E-state index contributed by atoms with van der Waals surface area (Å²) in [6.45, 7) is 1.05. The van der Waals surface area contributed by atoms with E-state index in [2.05, 4.69) is 12.1 Å². The summed E-state index contributed by atoms with van der Waals surface area (Å²) in [6.07, 6.45) is 1.92. The number of rotatable bonds is 7. The van der Waals surface area contributed by atoms with Crippen molar-refractivity contribution in [3.05, 3.63) is 66.7 Å². The highest BCUT2D eigenvalue weighted by Gasteiger charge is 2.06. The predicted molar refractivity (Wildman–Crippen MR) is 99.1 cm³/mol. The van der Waals surface area contributed by atoms with Gasteiger partial charge in [0.05, 0.1) is 18.1 Å². The fourth-order valence-corrected chi connectivity index (χ4v) is 3.17. The van der Waals surface area contributed by atoms with Crippen molar-refractivity contribution >= 4 is 20.6 Å². The summed E-state index contributed by atoms with van der Waals surface area (Å²) in [5, 5.41) is 2.25. The van der Waals surface area contributed by atoms with Crippen LogP contribution in [0.2, 0.25) is 0 Å². The van der Waals surface area contributed by atoms with Crippen molar-refractivity contribution in [2.24, 2.45) is 0 Å². The molecule has 0 heterocycles. The highest BCUT2D eigenvalue weighted by Crippen LogP contribution is 2.25. The molecule has 0 fully saturated rings.